The first-order chi connectivity index (χ1) is 9.61. The van der Waals surface area contributed by atoms with Crippen LogP contribution in [0.15, 0.2) is 0 Å². The number of hydrogen-bond donors (Lipinski definition) is 1. The van der Waals surface area contributed by atoms with Crippen molar-refractivity contribution in [2.75, 3.05) is 32.7 Å². The maximum atomic E-state index is 3.49. The SMILES string of the molecule is CCC(C)CCC1CCN(CC2(P)CCNCC2)CC1. The van der Waals surface area contributed by atoms with Gasteiger partial charge in [-0.2, -0.15) is 0 Å². The molecule has 2 rings (SSSR count). The van der Waals surface area contributed by atoms with Crippen LogP contribution in [0, 0.1) is 11.8 Å². The maximum Gasteiger partial charge on any atom is 0.00735 e. The molecule has 0 aliphatic carbocycles. The molecule has 0 bridgehead atoms. The summed E-state index contributed by atoms with van der Waals surface area (Å²) in [6.45, 7) is 11.1. The lowest BCUT2D eigenvalue weighted by Crippen LogP contribution is -2.47. The van der Waals surface area contributed by atoms with Gasteiger partial charge in [0, 0.05) is 11.7 Å². The number of nitrogens with zero attached hydrogens (tertiary/aromatic N) is 1. The molecule has 2 nitrogen and oxygen atoms in total. The van der Waals surface area contributed by atoms with E-state index in [1.54, 1.807) is 0 Å². The Kier molecular flexibility index (Phi) is 6.78. The molecule has 20 heavy (non-hydrogen) atoms. The predicted octanol–water partition coefficient (Wildman–Crippen LogP) is 3.52. The zero-order valence-corrected chi connectivity index (χ0v) is 14.8. The standard InChI is InChI=1S/C17H35N2P/c1-3-15(2)4-5-16-6-12-19(13-7-16)14-17(20)8-10-18-11-9-17/h15-16,18H,3-14,20H2,1-2H3. The van der Waals surface area contributed by atoms with Crippen molar-refractivity contribution in [2.24, 2.45) is 11.8 Å². The summed E-state index contributed by atoms with van der Waals surface area (Å²) in [5, 5.41) is 3.98. The fraction of sp³-hybridized carbons (Fsp3) is 1.00. The lowest BCUT2D eigenvalue weighted by atomic mass is 9.87. The highest BCUT2D eigenvalue weighted by Crippen LogP contribution is 2.32. The van der Waals surface area contributed by atoms with E-state index in [-0.39, 0.29) is 0 Å². The van der Waals surface area contributed by atoms with Gasteiger partial charge in [0.1, 0.15) is 0 Å². The molecule has 118 valence electrons. The zero-order chi connectivity index (χ0) is 14.4. The van der Waals surface area contributed by atoms with Crippen LogP contribution in [0.5, 0.6) is 0 Å². The molecule has 2 atom stereocenters. The molecule has 2 aliphatic rings. The van der Waals surface area contributed by atoms with E-state index < -0.39 is 0 Å². The van der Waals surface area contributed by atoms with Crippen LogP contribution in [0.25, 0.3) is 0 Å². The van der Waals surface area contributed by atoms with E-state index in [1.165, 1.54) is 77.7 Å². The molecule has 0 radical (unpaired) electrons. The second kappa shape index (κ2) is 8.11. The van der Waals surface area contributed by atoms with Gasteiger partial charge in [-0.05, 0) is 63.7 Å². The molecule has 2 saturated heterocycles. The van der Waals surface area contributed by atoms with Crippen molar-refractivity contribution in [3.63, 3.8) is 0 Å². The van der Waals surface area contributed by atoms with Gasteiger partial charge in [-0.3, -0.25) is 0 Å². The second-order valence-electron chi connectivity index (χ2n) is 7.42. The van der Waals surface area contributed by atoms with Crippen molar-refractivity contribution in [1.82, 2.24) is 10.2 Å². The quantitative estimate of drug-likeness (QED) is 0.755. The molecule has 2 heterocycles. The second-order valence-corrected chi connectivity index (χ2v) is 8.65. The summed E-state index contributed by atoms with van der Waals surface area (Å²) in [5.41, 5.74) is 0. The summed E-state index contributed by atoms with van der Waals surface area (Å²) < 4.78 is 0. The van der Waals surface area contributed by atoms with E-state index >= 15 is 0 Å². The largest absolute Gasteiger partial charge is 0.317 e. The third-order valence-corrected chi connectivity index (χ3v) is 6.37. The van der Waals surface area contributed by atoms with Gasteiger partial charge >= 0.3 is 0 Å². The summed E-state index contributed by atoms with van der Waals surface area (Å²) in [6, 6.07) is 0. The summed E-state index contributed by atoms with van der Waals surface area (Å²) in [5.74, 6) is 1.94. The van der Waals surface area contributed by atoms with Crippen molar-refractivity contribution < 1.29 is 0 Å². The molecule has 0 saturated carbocycles. The highest BCUT2D eigenvalue weighted by Gasteiger charge is 2.30. The van der Waals surface area contributed by atoms with Gasteiger partial charge in [-0.25, -0.2) is 0 Å². The number of hydrogen-bond acceptors (Lipinski definition) is 2. The molecular weight excluding hydrogens is 263 g/mol. The Bertz CT molecular complexity index is 268. The Labute approximate surface area is 128 Å². The van der Waals surface area contributed by atoms with E-state index in [9.17, 15) is 0 Å². The maximum absolute atomic E-state index is 3.49. The fourth-order valence-electron chi connectivity index (χ4n) is 3.69. The van der Waals surface area contributed by atoms with E-state index in [0.29, 0.717) is 5.16 Å². The van der Waals surface area contributed by atoms with Crippen LogP contribution in [0.2, 0.25) is 0 Å². The summed E-state index contributed by atoms with van der Waals surface area (Å²) >= 11 is 0. The van der Waals surface area contributed by atoms with Crippen LogP contribution >= 0.6 is 9.24 Å². The lowest BCUT2D eigenvalue weighted by molar-refractivity contribution is 0.151. The molecule has 2 aliphatic heterocycles. The van der Waals surface area contributed by atoms with E-state index in [1.807, 2.05) is 0 Å². The van der Waals surface area contributed by atoms with Crippen LogP contribution in [0.1, 0.15) is 58.8 Å². The van der Waals surface area contributed by atoms with Crippen molar-refractivity contribution in [3.8, 4) is 0 Å². The summed E-state index contributed by atoms with van der Waals surface area (Å²) in [7, 11) is 3.18. The van der Waals surface area contributed by atoms with Crippen LogP contribution < -0.4 is 5.32 Å². The van der Waals surface area contributed by atoms with Crippen molar-refractivity contribution in [1.29, 1.82) is 0 Å². The zero-order valence-electron chi connectivity index (χ0n) is 13.7. The van der Waals surface area contributed by atoms with Gasteiger partial charge in [0.25, 0.3) is 0 Å². The molecule has 2 unspecified atom stereocenters. The minimum atomic E-state index is 0.495. The number of piperidine rings is 2. The Morgan fingerprint density at radius 2 is 1.90 bits per heavy atom. The van der Waals surface area contributed by atoms with Crippen LogP contribution in [-0.4, -0.2) is 42.8 Å². The third kappa shape index (κ3) is 5.28. The Balaban J connectivity index is 1.66. The molecule has 0 aromatic carbocycles. The first kappa shape index (κ1) is 16.7. The predicted molar refractivity (Wildman–Crippen MR) is 92.4 cm³/mol. The van der Waals surface area contributed by atoms with Crippen molar-refractivity contribution >= 4 is 9.24 Å². The van der Waals surface area contributed by atoms with Gasteiger partial charge in [-0.1, -0.05) is 33.1 Å². The van der Waals surface area contributed by atoms with E-state index in [0.717, 1.165) is 11.8 Å². The minimum Gasteiger partial charge on any atom is -0.317 e. The number of nitrogens with one attached hydrogen (secondary N) is 1. The molecule has 0 spiro atoms. The highest BCUT2D eigenvalue weighted by molar-refractivity contribution is 7.19. The van der Waals surface area contributed by atoms with Crippen LogP contribution in [-0.2, 0) is 0 Å². The van der Waals surface area contributed by atoms with Crippen molar-refractivity contribution in [2.45, 2.75) is 63.9 Å². The molecule has 0 amide bonds. The molecular formula is C17H35N2P. The van der Waals surface area contributed by atoms with Gasteiger partial charge in [-0.15, -0.1) is 9.24 Å². The Morgan fingerprint density at radius 3 is 2.50 bits per heavy atom. The van der Waals surface area contributed by atoms with Gasteiger partial charge < -0.3 is 10.2 Å². The first-order valence-electron chi connectivity index (χ1n) is 8.83. The highest BCUT2D eigenvalue weighted by atomic mass is 31.0. The van der Waals surface area contributed by atoms with Crippen LogP contribution in [0.4, 0.5) is 0 Å². The monoisotopic (exact) mass is 298 g/mol. The molecule has 0 aromatic heterocycles. The average Bonchev–Trinajstić information content (AvgIpc) is 2.46. The molecule has 0 aromatic rings. The lowest BCUT2D eigenvalue weighted by Gasteiger charge is -2.41. The molecule has 3 heteroatoms. The van der Waals surface area contributed by atoms with E-state index in [2.05, 4.69) is 33.3 Å². The smallest absolute Gasteiger partial charge is 0.00735 e. The first-order valence-corrected chi connectivity index (χ1v) is 9.41. The van der Waals surface area contributed by atoms with Gasteiger partial charge in [0.05, 0.1) is 0 Å². The molecule has 1 N–H and O–H groups in total. The summed E-state index contributed by atoms with van der Waals surface area (Å²) in [4.78, 5) is 2.73. The third-order valence-electron chi connectivity index (χ3n) is 5.61. The topological polar surface area (TPSA) is 15.3 Å². The van der Waals surface area contributed by atoms with Crippen molar-refractivity contribution in [3.05, 3.63) is 0 Å². The average molecular weight is 298 g/mol. The Hall–Kier alpha value is 0.350. The molecule has 2 fully saturated rings. The van der Waals surface area contributed by atoms with Crippen LogP contribution in [0.3, 0.4) is 0 Å². The fourth-order valence-corrected chi connectivity index (χ4v) is 4.23. The minimum absolute atomic E-state index is 0.495. The summed E-state index contributed by atoms with van der Waals surface area (Å²) in [6.07, 6.45) is 9.80. The normalized spacial score (nSPS) is 26.6. The van der Waals surface area contributed by atoms with E-state index in [4.69, 9.17) is 0 Å². The van der Waals surface area contributed by atoms with Gasteiger partial charge in [0.15, 0.2) is 0 Å². The Morgan fingerprint density at radius 1 is 1.25 bits per heavy atom. The number of rotatable bonds is 6. The van der Waals surface area contributed by atoms with Gasteiger partial charge in [0.2, 0.25) is 0 Å². The number of likely N-dealkylation sites (tertiary alicyclic amines) is 1.